The van der Waals surface area contributed by atoms with Gasteiger partial charge >= 0.3 is 0 Å². The van der Waals surface area contributed by atoms with Crippen LogP contribution in [0.2, 0.25) is 0 Å². The summed E-state index contributed by atoms with van der Waals surface area (Å²) in [6.45, 7) is 0.181. The first-order valence-corrected chi connectivity index (χ1v) is 3.95. The van der Waals surface area contributed by atoms with Gasteiger partial charge in [0.1, 0.15) is 12.2 Å². The van der Waals surface area contributed by atoms with Crippen LogP contribution in [0.25, 0.3) is 11.0 Å². The Hall–Kier alpha value is -1.84. The summed E-state index contributed by atoms with van der Waals surface area (Å²) in [6.07, 6.45) is 3.50. The predicted octanol–water partition coefficient (Wildman–Crippen LogP) is 0.522. The second kappa shape index (κ2) is 2.90. The lowest BCUT2D eigenvalue weighted by atomic mass is 10.3. The summed E-state index contributed by atoms with van der Waals surface area (Å²) in [5.41, 5.74) is 5.88. The molecule has 4 heteroatoms. The van der Waals surface area contributed by atoms with E-state index in [-0.39, 0.29) is 12.5 Å². The lowest BCUT2D eigenvalue weighted by Crippen LogP contribution is -2.18. The van der Waals surface area contributed by atoms with Crippen LogP contribution < -0.4 is 5.73 Å². The van der Waals surface area contributed by atoms with Crippen molar-refractivity contribution in [3.8, 4) is 0 Å². The van der Waals surface area contributed by atoms with Crippen LogP contribution in [0.15, 0.2) is 30.6 Å². The molecule has 0 unspecified atom stereocenters. The van der Waals surface area contributed by atoms with E-state index in [1.54, 1.807) is 10.8 Å². The Morgan fingerprint density at radius 3 is 3.15 bits per heavy atom. The molecule has 0 bridgehead atoms. The Labute approximate surface area is 75.0 Å². The molecule has 4 nitrogen and oxygen atoms in total. The van der Waals surface area contributed by atoms with Crippen LogP contribution in [-0.2, 0) is 11.3 Å². The lowest BCUT2D eigenvalue weighted by molar-refractivity contribution is -0.118. The second-order valence-corrected chi connectivity index (χ2v) is 2.83. The van der Waals surface area contributed by atoms with E-state index in [1.165, 1.54) is 0 Å². The highest BCUT2D eigenvalue weighted by molar-refractivity contribution is 5.79. The van der Waals surface area contributed by atoms with Gasteiger partial charge in [-0.2, -0.15) is 0 Å². The molecule has 0 aromatic carbocycles. The Balaban J connectivity index is 2.51. The number of hydrogen-bond acceptors (Lipinski definition) is 2. The lowest BCUT2D eigenvalue weighted by Gasteiger charge is -1.99. The number of pyridine rings is 1. The molecule has 2 N–H and O–H groups in total. The first-order valence-electron chi connectivity index (χ1n) is 3.95. The number of hydrogen-bond donors (Lipinski definition) is 1. The molecule has 0 saturated carbocycles. The molecule has 0 spiro atoms. The molecule has 0 radical (unpaired) electrons. The van der Waals surface area contributed by atoms with Gasteiger partial charge in [-0.15, -0.1) is 0 Å². The molecule has 0 fully saturated rings. The van der Waals surface area contributed by atoms with Gasteiger partial charge in [-0.3, -0.25) is 4.79 Å². The average Bonchev–Trinajstić information content (AvgIpc) is 2.48. The van der Waals surface area contributed by atoms with Gasteiger partial charge in [0.15, 0.2) is 0 Å². The number of fused-ring (bicyclic) bond motifs is 1. The van der Waals surface area contributed by atoms with Crippen LogP contribution >= 0.6 is 0 Å². The van der Waals surface area contributed by atoms with Gasteiger partial charge in [0, 0.05) is 17.8 Å². The first-order chi connectivity index (χ1) is 6.27. The maximum Gasteiger partial charge on any atom is 0.237 e. The van der Waals surface area contributed by atoms with E-state index in [1.807, 2.05) is 24.4 Å². The molecule has 0 aliphatic heterocycles. The fraction of sp³-hybridized carbons (Fsp3) is 0.111. The summed E-state index contributed by atoms with van der Waals surface area (Å²) in [5.74, 6) is -0.358. The average molecular weight is 175 g/mol. The van der Waals surface area contributed by atoms with Gasteiger partial charge < -0.3 is 10.3 Å². The number of carbonyl (C=O) groups is 1. The number of amides is 1. The second-order valence-electron chi connectivity index (χ2n) is 2.83. The summed E-state index contributed by atoms with van der Waals surface area (Å²) < 4.78 is 1.73. The van der Waals surface area contributed by atoms with Gasteiger partial charge in [0.2, 0.25) is 5.91 Å². The fourth-order valence-corrected chi connectivity index (χ4v) is 1.32. The smallest absolute Gasteiger partial charge is 0.237 e. The summed E-state index contributed by atoms with van der Waals surface area (Å²) in [7, 11) is 0. The molecule has 13 heavy (non-hydrogen) atoms. The fourth-order valence-electron chi connectivity index (χ4n) is 1.32. The SMILES string of the molecule is NC(=O)Cn1ccc2cccnc21. The van der Waals surface area contributed by atoms with Crippen molar-refractivity contribution in [3.05, 3.63) is 30.6 Å². The molecule has 0 saturated heterocycles. The highest BCUT2D eigenvalue weighted by atomic mass is 16.1. The van der Waals surface area contributed by atoms with E-state index in [2.05, 4.69) is 4.98 Å². The molecule has 0 aliphatic rings. The van der Waals surface area contributed by atoms with Gasteiger partial charge in [0.25, 0.3) is 0 Å². The molecule has 1 amide bonds. The largest absolute Gasteiger partial charge is 0.368 e. The quantitative estimate of drug-likeness (QED) is 0.723. The van der Waals surface area contributed by atoms with E-state index < -0.39 is 0 Å². The van der Waals surface area contributed by atoms with Crippen LogP contribution in [0.4, 0.5) is 0 Å². The van der Waals surface area contributed by atoms with Crippen molar-refractivity contribution in [2.24, 2.45) is 5.73 Å². The zero-order valence-electron chi connectivity index (χ0n) is 6.97. The van der Waals surface area contributed by atoms with Crippen molar-refractivity contribution < 1.29 is 4.79 Å². The summed E-state index contributed by atoms with van der Waals surface area (Å²) in [5, 5.41) is 1.02. The Morgan fingerprint density at radius 2 is 2.38 bits per heavy atom. The molecule has 2 aromatic heterocycles. The van der Waals surface area contributed by atoms with Crippen molar-refractivity contribution in [3.63, 3.8) is 0 Å². The van der Waals surface area contributed by atoms with Crippen molar-refractivity contribution in [1.29, 1.82) is 0 Å². The standard InChI is InChI=1S/C9H9N3O/c10-8(13)6-12-5-3-7-2-1-4-11-9(7)12/h1-5H,6H2,(H2,10,13). The zero-order chi connectivity index (χ0) is 9.26. The van der Waals surface area contributed by atoms with Crippen LogP contribution in [0.3, 0.4) is 0 Å². The van der Waals surface area contributed by atoms with Crippen LogP contribution in [-0.4, -0.2) is 15.5 Å². The molecular weight excluding hydrogens is 166 g/mol. The van der Waals surface area contributed by atoms with Crippen molar-refractivity contribution in [2.75, 3.05) is 0 Å². The minimum absolute atomic E-state index is 0.181. The number of nitrogens with zero attached hydrogens (tertiary/aromatic N) is 2. The third-order valence-electron chi connectivity index (χ3n) is 1.85. The Bertz CT molecular complexity index is 447. The number of primary amides is 1. The molecule has 2 heterocycles. The molecule has 0 atom stereocenters. The van der Waals surface area contributed by atoms with E-state index in [0.717, 1.165) is 11.0 Å². The Kier molecular flexibility index (Phi) is 1.73. The maximum atomic E-state index is 10.7. The number of rotatable bonds is 2. The first kappa shape index (κ1) is 7.79. The number of aromatic nitrogens is 2. The Morgan fingerprint density at radius 1 is 1.54 bits per heavy atom. The highest BCUT2D eigenvalue weighted by Crippen LogP contribution is 2.11. The molecule has 0 aliphatic carbocycles. The topological polar surface area (TPSA) is 60.9 Å². The number of nitrogens with two attached hydrogens (primary N) is 1. The van der Waals surface area contributed by atoms with Gasteiger partial charge in [-0.25, -0.2) is 4.98 Å². The van der Waals surface area contributed by atoms with Crippen LogP contribution in [0, 0.1) is 0 Å². The number of carbonyl (C=O) groups excluding carboxylic acids is 1. The minimum atomic E-state index is -0.358. The monoisotopic (exact) mass is 175 g/mol. The summed E-state index contributed by atoms with van der Waals surface area (Å²) in [6, 6.07) is 5.71. The summed E-state index contributed by atoms with van der Waals surface area (Å²) >= 11 is 0. The van der Waals surface area contributed by atoms with E-state index in [0.29, 0.717) is 0 Å². The third kappa shape index (κ3) is 1.38. The zero-order valence-corrected chi connectivity index (χ0v) is 6.97. The molecule has 2 aromatic rings. The van der Waals surface area contributed by atoms with Crippen molar-refractivity contribution in [2.45, 2.75) is 6.54 Å². The van der Waals surface area contributed by atoms with Gasteiger partial charge in [-0.1, -0.05) is 0 Å². The summed E-state index contributed by atoms with van der Waals surface area (Å²) in [4.78, 5) is 14.8. The van der Waals surface area contributed by atoms with Gasteiger partial charge in [0.05, 0.1) is 0 Å². The van der Waals surface area contributed by atoms with Gasteiger partial charge in [-0.05, 0) is 18.2 Å². The molecule has 2 rings (SSSR count). The minimum Gasteiger partial charge on any atom is -0.368 e. The predicted molar refractivity (Wildman–Crippen MR) is 48.9 cm³/mol. The van der Waals surface area contributed by atoms with Crippen molar-refractivity contribution >= 4 is 16.9 Å². The van der Waals surface area contributed by atoms with E-state index in [4.69, 9.17) is 5.73 Å². The van der Waals surface area contributed by atoms with Crippen LogP contribution in [0.5, 0.6) is 0 Å². The molecular formula is C9H9N3O. The maximum absolute atomic E-state index is 10.7. The van der Waals surface area contributed by atoms with E-state index >= 15 is 0 Å². The highest BCUT2D eigenvalue weighted by Gasteiger charge is 2.02. The van der Waals surface area contributed by atoms with Crippen molar-refractivity contribution in [1.82, 2.24) is 9.55 Å². The van der Waals surface area contributed by atoms with Crippen LogP contribution in [0.1, 0.15) is 0 Å². The third-order valence-corrected chi connectivity index (χ3v) is 1.85. The molecule has 66 valence electrons. The van der Waals surface area contributed by atoms with E-state index in [9.17, 15) is 4.79 Å². The normalized spacial score (nSPS) is 10.5.